The summed E-state index contributed by atoms with van der Waals surface area (Å²) >= 11 is 7.49. The predicted molar refractivity (Wildman–Crippen MR) is 118 cm³/mol. The maximum Gasteiger partial charge on any atom is 0.139 e. The number of halogens is 1. The lowest BCUT2D eigenvalue weighted by atomic mass is 10.2. The minimum absolute atomic E-state index is 0.161. The number of rotatable bonds is 4. The summed E-state index contributed by atoms with van der Waals surface area (Å²) in [5.74, 6) is 0.413. The van der Waals surface area contributed by atoms with Gasteiger partial charge in [-0.05, 0) is 36.4 Å². The van der Waals surface area contributed by atoms with Crippen molar-refractivity contribution >= 4 is 45.7 Å². The number of nitrogens with one attached hydrogen (secondary N) is 1. The molecule has 2 aromatic carbocycles. The van der Waals surface area contributed by atoms with Crippen molar-refractivity contribution in [1.29, 1.82) is 5.41 Å². The lowest BCUT2D eigenvalue weighted by Gasteiger charge is -2.20. The van der Waals surface area contributed by atoms with Gasteiger partial charge < -0.3 is 14.9 Å². The van der Waals surface area contributed by atoms with Crippen molar-refractivity contribution in [2.24, 2.45) is 0 Å². The van der Waals surface area contributed by atoms with Crippen LogP contribution in [0.4, 0.5) is 11.4 Å². The van der Waals surface area contributed by atoms with Crippen LogP contribution in [0, 0.1) is 5.41 Å². The maximum absolute atomic E-state index is 10.5. The van der Waals surface area contributed by atoms with Gasteiger partial charge in [-0.2, -0.15) is 0 Å². The molecule has 28 heavy (non-hydrogen) atoms. The lowest BCUT2D eigenvalue weighted by molar-refractivity contribution is 0.411. The van der Waals surface area contributed by atoms with Gasteiger partial charge in [-0.3, -0.25) is 5.41 Å². The Kier molecular flexibility index (Phi) is 4.83. The fourth-order valence-electron chi connectivity index (χ4n) is 3.12. The molecule has 1 aliphatic heterocycles. The molecule has 0 saturated heterocycles. The Hall–Kier alpha value is -2.83. The lowest BCUT2D eigenvalue weighted by Crippen LogP contribution is -2.26. The zero-order chi connectivity index (χ0) is 19.8. The standard InChI is InChI=1S/C21H19ClN4OS/c1-25(2)15-6-8-16(9-7-15)26-11-18(27)19(20(26)23)21-24-17(12-28-21)13-4-3-5-14(22)10-13/h3-10,12,23,27H,11H2,1-2H3. The molecule has 0 amide bonds. The molecule has 0 saturated carbocycles. The van der Waals surface area contributed by atoms with Gasteiger partial charge in [-0.1, -0.05) is 23.7 Å². The molecule has 2 heterocycles. The largest absolute Gasteiger partial charge is 0.510 e. The highest BCUT2D eigenvalue weighted by atomic mass is 35.5. The highest BCUT2D eigenvalue weighted by Gasteiger charge is 2.31. The Bertz CT molecular complexity index is 1070. The monoisotopic (exact) mass is 410 g/mol. The van der Waals surface area contributed by atoms with Crippen LogP contribution in [-0.4, -0.2) is 36.6 Å². The summed E-state index contributed by atoms with van der Waals surface area (Å²) < 4.78 is 0. The van der Waals surface area contributed by atoms with Crippen LogP contribution in [0.1, 0.15) is 5.01 Å². The number of nitrogens with zero attached hydrogens (tertiary/aromatic N) is 3. The first-order valence-corrected chi connectivity index (χ1v) is 9.97. The van der Waals surface area contributed by atoms with E-state index in [0.29, 0.717) is 15.6 Å². The summed E-state index contributed by atoms with van der Waals surface area (Å²) in [6.07, 6.45) is 0. The van der Waals surface area contributed by atoms with E-state index in [1.807, 2.05) is 72.9 Å². The van der Waals surface area contributed by atoms with Crippen molar-refractivity contribution in [3.63, 3.8) is 0 Å². The van der Waals surface area contributed by atoms with Gasteiger partial charge in [0.1, 0.15) is 16.6 Å². The van der Waals surface area contributed by atoms with Crippen LogP contribution in [0.3, 0.4) is 0 Å². The number of anilines is 2. The zero-order valence-electron chi connectivity index (χ0n) is 15.5. The van der Waals surface area contributed by atoms with Gasteiger partial charge in [0, 0.05) is 41.4 Å². The van der Waals surface area contributed by atoms with Crippen LogP contribution in [0.15, 0.2) is 59.7 Å². The van der Waals surface area contributed by atoms with Gasteiger partial charge in [0.2, 0.25) is 0 Å². The molecule has 0 radical (unpaired) electrons. The van der Waals surface area contributed by atoms with Crippen molar-refractivity contribution in [2.75, 3.05) is 30.4 Å². The summed E-state index contributed by atoms with van der Waals surface area (Å²) in [5, 5.41) is 22.3. The summed E-state index contributed by atoms with van der Waals surface area (Å²) in [5.41, 5.74) is 4.12. The molecule has 142 valence electrons. The second kappa shape index (κ2) is 7.30. The second-order valence-corrected chi connectivity index (χ2v) is 8.01. The van der Waals surface area contributed by atoms with Crippen LogP contribution in [0.25, 0.3) is 16.8 Å². The van der Waals surface area contributed by atoms with E-state index < -0.39 is 0 Å². The van der Waals surface area contributed by atoms with Crippen molar-refractivity contribution < 1.29 is 5.11 Å². The van der Waals surface area contributed by atoms with Crippen LogP contribution in [0.5, 0.6) is 0 Å². The number of aromatic nitrogens is 1. The molecule has 3 aromatic rings. The van der Waals surface area contributed by atoms with Crippen LogP contribution in [0.2, 0.25) is 5.02 Å². The Balaban J connectivity index is 1.61. The van der Waals surface area contributed by atoms with Crippen LogP contribution >= 0.6 is 22.9 Å². The van der Waals surface area contributed by atoms with E-state index in [-0.39, 0.29) is 18.1 Å². The first kappa shape index (κ1) is 18.5. The first-order chi connectivity index (χ1) is 13.4. The Labute approximate surface area is 172 Å². The molecule has 0 fully saturated rings. The van der Waals surface area contributed by atoms with E-state index in [1.54, 1.807) is 4.90 Å². The highest BCUT2D eigenvalue weighted by Crippen LogP contribution is 2.35. The quantitative estimate of drug-likeness (QED) is 0.612. The van der Waals surface area contributed by atoms with Crippen LogP contribution < -0.4 is 9.80 Å². The molecular formula is C21H19ClN4OS. The normalized spacial score (nSPS) is 14.1. The molecule has 0 spiro atoms. The third-order valence-electron chi connectivity index (χ3n) is 4.62. The van der Waals surface area contributed by atoms with E-state index in [1.165, 1.54) is 11.3 Å². The number of hydrogen-bond acceptors (Lipinski definition) is 5. The molecule has 0 aliphatic carbocycles. The first-order valence-electron chi connectivity index (χ1n) is 8.72. The number of aliphatic hydroxyl groups excluding tert-OH is 1. The second-order valence-electron chi connectivity index (χ2n) is 6.72. The van der Waals surface area contributed by atoms with Gasteiger partial charge in [0.05, 0.1) is 17.8 Å². The smallest absolute Gasteiger partial charge is 0.139 e. The van der Waals surface area contributed by atoms with E-state index in [2.05, 4.69) is 4.98 Å². The zero-order valence-corrected chi connectivity index (χ0v) is 17.1. The Morgan fingerprint density at radius 1 is 1.18 bits per heavy atom. The van der Waals surface area contributed by atoms with Crippen molar-refractivity contribution in [3.8, 4) is 11.3 Å². The number of hydrogen-bond donors (Lipinski definition) is 2. The van der Waals surface area contributed by atoms with E-state index in [4.69, 9.17) is 17.0 Å². The van der Waals surface area contributed by atoms with Crippen molar-refractivity contribution in [1.82, 2.24) is 4.98 Å². The van der Waals surface area contributed by atoms with Gasteiger partial charge >= 0.3 is 0 Å². The van der Waals surface area contributed by atoms with Gasteiger partial charge in [-0.25, -0.2) is 4.98 Å². The molecule has 1 aliphatic rings. The third kappa shape index (κ3) is 3.37. The number of benzene rings is 2. The van der Waals surface area contributed by atoms with Crippen molar-refractivity contribution in [3.05, 3.63) is 69.7 Å². The Morgan fingerprint density at radius 3 is 2.61 bits per heavy atom. The molecule has 0 atom stereocenters. The fraction of sp³-hybridized carbons (Fsp3) is 0.143. The predicted octanol–water partition coefficient (Wildman–Crippen LogP) is 5.30. The average molecular weight is 411 g/mol. The Morgan fingerprint density at radius 2 is 1.93 bits per heavy atom. The molecule has 0 bridgehead atoms. The fourth-order valence-corrected chi connectivity index (χ4v) is 4.21. The maximum atomic E-state index is 10.5. The molecule has 1 aromatic heterocycles. The minimum Gasteiger partial charge on any atom is -0.510 e. The topological polar surface area (TPSA) is 63.5 Å². The molecule has 4 rings (SSSR count). The summed E-state index contributed by atoms with van der Waals surface area (Å²) in [4.78, 5) is 8.44. The van der Waals surface area contributed by atoms with E-state index in [9.17, 15) is 5.11 Å². The van der Waals surface area contributed by atoms with E-state index >= 15 is 0 Å². The van der Waals surface area contributed by atoms with Crippen molar-refractivity contribution in [2.45, 2.75) is 0 Å². The minimum atomic E-state index is 0.161. The molecule has 0 unspecified atom stereocenters. The molecule has 2 N–H and O–H groups in total. The van der Waals surface area contributed by atoms with Crippen LogP contribution in [-0.2, 0) is 0 Å². The van der Waals surface area contributed by atoms with E-state index in [0.717, 1.165) is 22.6 Å². The number of aliphatic hydroxyl groups is 1. The average Bonchev–Trinajstić information content (AvgIpc) is 3.26. The summed E-state index contributed by atoms with van der Waals surface area (Å²) in [7, 11) is 3.97. The van der Waals surface area contributed by atoms with Gasteiger partial charge in [0.25, 0.3) is 0 Å². The third-order valence-corrected chi connectivity index (χ3v) is 5.71. The van der Waals surface area contributed by atoms with Gasteiger partial charge in [0.15, 0.2) is 0 Å². The van der Waals surface area contributed by atoms with Gasteiger partial charge in [-0.15, -0.1) is 11.3 Å². The summed E-state index contributed by atoms with van der Waals surface area (Å²) in [6, 6.07) is 15.4. The SMILES string of the molecule is CN(C)c1ccc(N2CC(O)=C(c3nc(-c4cccc(Cl)c4)cs3)C2=N)cc1. The molecule has 5 nitrogen and oxygen atoms in total. The molecular weight excluding hydrogens is 392 g/mol. The number of amidine groups is 1. The molecule has 7 heteroatoms. The highest BCUT2D eigenvalue weighted by molar-refractivity contribution is 7.11. The summed E-state index contributed by atoms with van der Waals surface area (Å²) in [6.45, 7) is 0.265. The number of thiazole rings is 1.